The molecule has 0 aliphatic heterocycles. The summed E-state index contributed by atoms with van der Waals surface area (Å²) in [7, 11) is 0. The van der Waals surface area contributed by atoms with Crippen molar-refractivity contribution in [1.29, 1.82) is 21.0 Å². The van der Waals surface area contributed by atoms with E-state index in [1.165, 1.54) is 0 Å². The molecular formula is C8H11N6+. The van der Waals surface area contributed by atoms with Crippen molar-refractivity contribution in [3.8, 4) is 24.3 Å². The van der Waals surface area contributed by atoms with Crippen molar-refractivity contribution in [1.82, 2.24) is 6.15 Å². The first-order valence-corrected chi connectivity index (χ1v) is 3.57. The van der Waals surface area contributed by atoms with Gasteiger partial charge >= 0.3 is 0 Å². The molecular weight excluding hydrogens is 180 g/mol. The molecule has 0 radical (unpaired) electrons. The van der Waals surface area contributed by atoms with E-state index in [1.54, 1.807) is 0 Å². The summed E-state index contributed by atoms with van der Waals surface area (Å²) in [6, 6.07) is 7.53. The van der Waals surface area contributed by atoms with E-state index in [9.17, 15) is 0 Å². The highest BCUT2D eigenvalue weighted by atomic mass is 15.3. The van der Waals surface area contributed by atoms with E-state index in [1.807, 2.05) is 24.3 Å². The van der Waals surface area contributed by atoms with Crippen LogP contribution in [0.5, 0.6) is 0 Å². The van der Waals surface area contributed by atoms with Crippen molar-refractivity contribution in [2.45, 2.75) is 0 Å². The highest BCUT2D eigenvalue weighted by Crippen LogP contribution is 2.03. The average Bonchev–Trinajstić information content (AvgIpc) is 2.06. The smallest absolute Gasteiger partial charge is 0.168 e. The Balaban J connectivity index is 0. The van der Waals surface area contributed by atoms with Crippen LogP contribution in [0.15, 0.2) is 0 Å². The third-order valence-electron chi connectivity index (χ3n) is 1.62. The fraction of sp³-hybridized carbons (Fsp3) is 0.500. The summed E-state index contributed by atoms with van der Waals surface area (Å²) in [4.78, 5) is 0. The molecule has 0 aromatic carbocycles. The van der Waals surface area contributed by atoms with Gasteiger partial charge in [0.25, 0.3) is 0 Å². The Morgan fingerprint density at radius 2 is 0.857 bits per heavy atom. The Morgan fingerprint density at radius 3 is 1.00 bits per heavy atom. The molecule has 0 heterocycles. The second-order valence-electron chi connectivity index (χ2n) is 2.61. The first-order valence-electron chi connectivity index (χ1n) is 3.57. The largest absolute Gasteiger partial charge is 0.344 e. The highest BCUT2D eigenvalue weighted by molar-refractivity contribution is 4.84. The van der Waals surface area contributed by atoms with E-state index in [2.05, 4.69) is 0 Å². The fourth-order valence-electron chi connectivity index (χ4n) is 0.935. The number of nitriles is 4. The molecule has 72 valence electrons. The fourth-order valence-corrected chi connectivity index (χ4v) is 0.935. The first-order chi connectivity index (χ1) is 6.24. The van der Waals surface area contributed by atoms with E-state index >= 15 is 0 Å². The molecule has 0 saturated carbocycles. The quantitative estimate of drug-likeness (QED) is 0.495. The molecule has 0 amide bonds. The lowest BCUT2D eigenvalue weighted by atomic mass is 10.3. The predicted octanol–water partition coefficient (Wildman–Crippen LogP) is 0.0595. The Morgan fingerprint density at radius 1 is 0.643 bits per heavy atom. The number of hydrogen-bond donors (Lipinski definition) is 1. The maximum Gasteiger partial charge on any atom is 0.168 e. The Hall–Kier alpha value is -2.12. The number of quaternary nitrogens is 1. The van der Waals surface area contributed by atoms with Crippen LogP contribution in [0, 0.1) is 45.3 Å². The number of nitrogens with zero attached hydrogens (tertiary/aromatic N) is 5. The predicted molar refractivity (Wildman–Crippen MR) is 47.2 cm³/mol. The van der Waals surface area contributed by atoms with Crippen LogP contribution >= 0.6 is 0 Å². The lowest BCUT2D eigenvalue weighted by Gasteiger charge is -2.28. The maximum absolute atomic E-state index is 8.49. The normalized spacial score (nSPS) is 8.29. The van der Waals surface area contributed by atoms with E-state index in [0.29, 0.717) is 0 Å². The van der Waals surface area contributed by atoms with Gasteiger partial charge in [-0.2, -0.15) is 21.0 Å². The van der Waals surface area contributed by atoms with E-state index < -0.39 is 0 Å². The monoisotopic (exact) mass is 191 g/mol. The van der Waals surface area contributed by atoms with Crippen LogP contribution < -0.4 is 6.15 Å². The van der Waals surface area contributed by atoms with Crippen LogP contribution in [0.2, 0.25) is 0 Å². The van der Waals surface area contributed by atoms with Crippen molar-refractivity contribution in [2.24, 2.45) is 0 Å². The van der Waals surface area contributed by atoms with Gasteiger partial charge in [-0.05, 0) is 0 Å². The number of hydrogen-bond acceptors (Lipinski definition) is 5. The molecule has 14 heavy (non-hydrogen) atoms. The van der Waals surface area contributed by atoms with Crippen LogP contribution in [0.25, 0.3) is 0 Å². The highest BCUT2D eigenvalue weighted by Gasteiger charge is 2.26. The van der Waals surface area contributed by atoms with Gasteiger partial charge in [0, 0.05) is 0 Å². The second kappa shape index (κ2) is 7.53. The van der Waals surface area contributed by atoms with Gasteiger partial charge in [-0.1, -0.05) is 0 Å². The van der Waals surface area contributed by atoms with Crippen LogP contribution in [0.4, 0.5) is 0 Å². The van der Waals surface area contributed by atoms with E-state index in [4.69, 9.17) is 21.0 Å². The molecule has 0 aliphatic carbocycles. The van der Waals surface area contributed by atoms with Gasteiger partial charge in [0.05, 0.1) is 0 Å². The minimum atomic E-state index is -0.0694. The Labute approximate surface area is 83.0 Å². The summed E-state index contributed by atoms with van der Waals surface area (Å²) in [6.07, 6.45) is 0. The number of rotatable bonds is 4. The van der Waals surface area contributed by atoms with Crippen molar-refractivity contribution in [3.05, 3.63) is 0 Å². The van der Waals surface area contributed by atoms with Crippen molar-refractivity contribution in [2.75, 3.05) is 26.2 Å². The van der Waals surface area contributed by atoms with E-state index in [0.717, 1.165) is 0 Å². The van der Waals surface area contributed by atoms with Crippen LogP contribution in [0.3, 0.4) is 0 Å². The van der Waals surface area contributed by atoms with Crippen LogP contribution in [-0.2, 0) is 0 Å². The third-order valence-corrected chi connectivity index (χ3v) is 1.62. The van der Waals surface area contributed by atoms with Crippen LogP contribution in [-0.4, -0.2) is 30.7 Å². The van der Waals surface area contributed by atoms with Crippen molar-refractivity contribution < 1.29 is 4.48 Å². The Kier molecular flexibility index (Phi) is 7.74. The summed E-state index contributed by atoms with van der Waals surface area (Å²) in [5.74, 6) is 0. The zero-order valence-electron chi connectivity index (χ0n) is 7.77. The minimum absolute atomic E-state index is 0. The molecule has 0 atom stereocenters. The van der Waals surface area contributed by atoms with Gasteiger partial charge in [0.1, 0.15) is 24.3 Å². The van der Waals surface area contributed by atoms with E-state index in [-0.39, 0.29) is 36.8 Å². The van der Waals surface area contributed by atoms with Gasteiger partial charge in [-0.3, -0.25) is 4.48 Å². The van der Waals surface area contributed by atoms with Crippen molar-refractivity contribution >= 4 is 0 Å². The molecule has 0 aliphatic rings. The lowest BCUT2D eigenvalue weighted by Crippen LogP contribution is -2.49. The molecule has 6 heteroatoms. The van der Waals surface area contributed by atoms with Gasteiger partial charge < -0.3 is 6.15 Å². The molecule has 0 unspecified atom stereocenters. The molecule has 3 N–H and O–H groups in total. The van der Waals surface area contributed by atoms with Gasteiger partial charge in [-0.25, -0.2) is 0 Å². The van der Waals surface area contributed by atoms with Gasteiger partial charge in [-0.15, -0.1) is 0 Å². The molecule has 0 aromatic rings. The zero-order valence-corrected chi connectivity index (χ0v) is 7.77. The summed E-state index contributed by atoms with van der Waals surface area (Å²) in [5.41, 5.74) is 0. The van der Waals surface area contributed by atoms with Crippen molar-refractivity contribution in [3.63, 3.8) is 0 Å². The summed E-state index contributed by atoms with van der Waals surface area (Å²) < 4.78 is -0.0694. The summed E-state index contributed by atoms with van der Waals surface area (Å²) in [6.45, 7) is 0.0900. The summed E-state index contributed by atoms with van der Waals surface area (Å²) >= 11 is 0. The van der Waals surface area contributed by atoms with Crippen LogP contribution in [0.1, 0.15) is 0 Å². The molecule has 0 rings (SSSR count). The second-order valence-corrected chi connectivity index (χ2v) is 2.61. The van der Waals surface area contributed by atoms with Gasteiger partial charge in [0.15, 0.2) is 26.2 Å². The standard InChI is InChI=1S/C8H8N5.H3N/c9-1-5-13(6-2-10,7-3-11)8-4-12;/h5-8H2;1H3/q+1;. The minimum Gasteiger partial charge on any atom is -0.344 e. The first kappa shape index (κ1) is 14.4. The topological polar surface area (TPSA) is 130 Å². The molecule has 0 bridgehead atoms. The Bertz CT molecular complexity index is 250. The third kappa shape index (κ3) is 4.04. The average molecular weight is 191 g/mol. The molecule has 0 fully saturated rings. The zero-order chi connectivity index (χ0) is 10.2. The molecule has 0 aromatic heterocycles. The molecule has 0 saturated heterocycles. The lowest BCUT2D eigenvalue weighted by molar-refractivity contribution is -0.901. The maximum atomic E-state index is 8.49. The molecule has 0 spiro atoms. The van der Waals surface area contributed by atoms with Gasteiger partial charge in [0.2, 0.25) is 0 Å². The summed E-state index contributed by atoms with van der Waals surface area (Å²) in [5, 5.41) is 34.0. The molecule has 6 nitrogen and oxygen atoms in total. The SMILES string of the molecule is N.N#CC[N+](CC#N)(CC#N)CC#N.